The number of nitrogens with one attached hydrogen (secondary N) is 1. The van der Waals surface area contributed by atoms with Crippen molar-refractivity contribution in [2.45, 2.75) is 38.6 Å². The van der Waals surface area contributed by atoms with Gasteiger partial charge in [0.2, 0.25) is 0 Å². The van der Waals surface area contributed by atoms with Gasteiger partial charge in [-0.1, -0.05) is 23.8 Å². The Bertz CT molecular complexity index is 386. The molecular weight excluding hydrogens is 258 g/mol. The van der Waals surface area contributed by atoms with Crippen LogP contribution in [0.3, 0.4) is 0 Å². The minimum Gasteiger partial charge on any atom is -0.497 e. The van der Waals surface area contributed by atoms with E-state index in [1.165, 1.54) is 37.7 Å². The monoisotopic (exact) mass is 281 g/mol. The van der Waals surface area contributed by atoms with Gasteiger partial charge in [-0.2, -0.15) is 0 Å². The molecule has 1 aliphatic rings. The minimum absolute atomic E-state index is 0. The second kappa shape index (κ2) is 9.00. The number of halogens is 1. The Morgan fingerprint density at radius 3 is 2.58 bits per heavy atom. The maximum absolute atomic E-state index is 5.15. The molecule has 0 saturated carbocycles. The van der Waals surface area contributed by atoms with Crippen LogP contribution in [-0.2, 0) is 6.54 Å². The van der Waals surface area contributed by atoms with Gasteiger partial charge < -0.3 is 10.1 Å². The summed E-state index contributed by atoms with van der Waals surface area (Å²) in [6, 6.07) is 8.26. The minimum atomic E-state index is 0. The topological polar surface area (TPSA) is 21.3 Å². The van der Waals surface area contributed by atoms with E-state index >= 15 is 0 Å². The number of benzene rings is 1. The summed E-state index contributed by atoms with van der Waals surface area (Å²) in [5.74, 6) is 0.922. The van der Waals surface area contributed by atoms with Crippen molar-refractivity contribution in [2.24, 2.45) is 0 Å². The fourth-order valence-electron chi connectivity index (χ4n) is 2.36. The summed E-state index contributed by atoms with van der Waals surface area (Å²) in [5, 5.41) is 3.50. The first-order valence-corrected chi connectivity index (χ1v) is 6.90. The molecule has 0 atom stereocenters. The van der Waals surface area contributed by atoms with Crippen molar-refractivity contribution >= 4 is 12.4 Å². The Labute approximate surface area is 122 Å². The van der Waals surface area contributed by atoms with Crippen LogP contribution in [0.4, 0.5) is 0 Å². The standard InChI is InChI=1S/C16H23NO.ClH/c1-18-16-9-7-15(8-10-16)13-17-12-11-14-5-3-2-4-6-14;/h5,7-10,17H,2-4,6,11-13H2,1H3;1H. The van der Waals surface area contributed by atoms with E-state index in [2.05, 4.69) is 23.5 Å². The highest BCUT2D eigenvalue weighted by atomic mass is 35.5. The fourth-order valence-corrected chi connectivity index (χ4v) is 2.36. The highest BCUT2D eigenvalue weighted by molar-refractivity contribution is 5.85. The molecule has 0 heterocycles. The van der Waals surface area contributed by atoms with Crippen LogP contribution in [0.5, 0.6) is 5.75 Å². The Morgan fingerprint density at radius 2 is 1.95 bits per heavy atom. The number of hydrogen-bond acceptors (Lipinski definition) is 2. The third kappa shape index (κ3) is 5.66. The van der Waals surface area contributed by atoms with Gasteiger partial charge in [-0.3, -0.25) is 0 Å². The zero-order valence-electron chi connectivity index (χ0n) is 11.7. The molecule has 0 unspecified atom stereocenters. The predicted molar refractivity (Wildman–Crippen MR) is 83.1 cm³/mol. The highest BCUT2D eigenvalue weighted by Gasteiger charge is 2.02. The van der Waals surface area contributed by atoms with E-state index in [0.29, 0.717) is 0 Å². The molecule has 0 bridgehead atoms. The van der Waals surface area contributed by atoms with Gasteiger partial charge in [0, 0.05) is 6.54 Å². The lowest BCUT2D eigenvalue weighted by atomic mass is 9.97. The van der Waals surface area contributed by atoms with Crippen molar-refractivity contribution in [1.29, 1.82) is 0 Å². The van der Waals surface area contributed by atoms with E-state index in [-0.39, 0.29) is 12.4 Å². The van der Waals surface area contributed by atoms with Gasteiger partial charge in [-0.15, -0.1) is 12.4 Å². The van der Waals surface area contributed by atoms with Crippen molar-refractivity contribution in [3.05, 3.63) is 41.5 Å². The zero-order chi connectivity index (χ0) is 12.6. The molecule has 0 aliphatic heterocycles. The van der Waals surface area contributed by atoms with E-state index in [1.807, 2.05) is 12.1 Å². The molecule has 106 valence electrons. The molecule has 0 saturated heterocycles. The summed E-state index contributed by atoms with van der Waals surface area (Å²) in [6.45, 7) is 2.02. The van der Waals surface area contributed by atoms with Crippen LogP contribution < -0.4 is 10.1 Å². The summed E-state index contributed by atoms with van der Waals surface area (Å²) >= 11 is 0. The molecule has 1 aromatic carbocycles. The Morgan fingerprint density at radius 1 is 1.16 bits per heavy atom. The maximum atomic E-state index is 5.15. The van der Waals surface area contributed by atoms with E-state index in [4.69, 9.17) is 4.74 Å². The molecule has 1 N–H and O–H groups in total. The lowest BCUT2D eigenvalue weighted by molar-refractivity contribution is 0.414. The SMILES string of the molecule is COc1ccc(CNCCC2=CCCCC2)cc1.Cl. The summed E-state index contributed by atoms with van der Waals surface area (Å²) in [4.78, 5) is 0. The van der Waals surface area contributed by atoms with E-state index in [9.17, 15) is 0 Å². The van der Waals surface area contributed by atoms with Crippen molar-refractivity contribution < 1.29 is 4.74 Å². The molecule has 1 aromatic rings. The van der Waals surface area contributed by atoms with Crippen molar-refractivity contribution in [3.63, 3.8) is 0 Å². The van der Waals surface area contributed by atoms with E-state index < -0.39 is 0 Å². The van der Waals surface area contributed by atoms with Gasteiger partial charge in [0.05, 0.1) is 7.11 Å². The average Bonchev–Trinajstić information content (AvgIpc) is 2.45. The lowest BCUT2D eigenvalue weighted by Gasteiger charge is -2.13. The molecular formula is C16H24ClNO. The molecule has 19 heavy (non-hydrogen) atoms. The van der Waals surface area contributed by atoms with E-state index in [1.54, 1.807) is 12.7 Å². The third-order valence-electron chi connectivity index (χ3n) is 3.50. The van der Waals surface area contributed by atoms with Crippen LogP contribution in [0.2, 0.25) is 0 Å². The van der Waals surface area contributed by atoms with Gasteiger partial charge in [-0.25, -0.2) is 0 Å². The van der Waals surface area contributed by atoms with Gasteiger partial charge in [0.15, 0.2) is 0 Å². The number of allylic oxidation sites excluding steroid dienone is 1. The van der Waals surface area contributed by atoms with E-state index in [0.717, 1.165) is 18.8 Å². The van der Waals surface area contributed by atoms with Gasteiger partial charge in [-0.05, 0) is 56.3 Å². The van der Waals surface area contributed by atoms with Crippen LogP contribution in [0.1, 0.15) is 37.7 Å². The number of ether oxygens (including phenoxy) is 1. The third-order valence-corrected chi connectivity index (χ3v) is 3.50. The van der Waals surface area contributed by atoms with Crippen LogP contribution in [0.25, 0.3) is 0 Å². The largest absolute Gasteiger partial charge is 0.497 e. The smallest absolute Gasteiger partial charge is 0.118 e. The first-order chi connectivity index (χ1) is 8.88. The Balaban J connectivity index is 0.00000180. The normalized spacial score (nSPS) is 14.5. The maximum Gasteiger partial charge on any atom is 0.118 e. The van der Waals surface area contributed by atoms with Gasteiger partial charge in [0.25, 0.3) is 0 Å². The highest BCUT2D eigenvalue weighted by Crippen LogP contribution is 2.19. The van der Waals surface area contributed by atoms with Gasteiger partial charge in [0.1, 0.15) is 5.75 Å². The number of hydrogen-bond donors (Lipinski definition) is 1. The molecule has 0 aromatic heterocycles. The first-order valence-electron chi connectivity index (χ1n) is 6.90. The molecule has 3 heteroatoms. The molecule has 0 amide bonds. The molecule has 1 aliphatic carbocycles. The number of methoxy groups -OCH3 is 1. The predicted octanol–water partition coefficient (Wildman–Crippen LogP) is 4.10. The summed E-state index contributed by atoms with van der Waals surface area (Å²) in [7, 11) is 1.70. The Hall–Kier alpha value is -0.990. The summed E-state index contributed by atoms with van der Waals surface area (Å²) in [6.07, 6.45) is 8.99. The molecule has 0 fully saturated rings. The number of rotatable bonds is 6. The fraction of sp³-hybridized carbons (Fsp3) is 0.500. The second-order valence-corrected chi connectivity index (χ2v) is 4.88. The first kappa shape index (κ1) is 16.1. The van der Waals surface area contributed by atoms with Crippen LogP contribution in [0, 0.1) is 0 Å². The quantitative estimate of drug-likeness (QED) is 0.626. The molecule has 2 rings (SSSR count). The lowest BCUT2D eigenvalue weighted by Crippen LogP contribution is -2.15. The molecule has 2 nitrogen and oxygen atoms in total. The molecule has 0 radical (unpaired) electrons. The summed E-state index contributed by atoms with van der Waals surface area (Å²) in [5.41, 5.74) is 2.96. The average molecular weight is 282 g/mol. The van der Waals surface area contributed by atoms with Crippen molar-refractivity contribution in [2.75, 3.05) is 13.7 Å². The van der Waals surface area contributed by atoms with Gasteiger partial charge >= 0.3 is 0 Å². The van der Waals surface area contributed by atoms with Crippen LogP contribution in [0.15, 0.2) is 35.9 Å². The second-order valence-electron chi connectivity index (χ2n) is 4.88. The van der Waals surface area contributed by atoms with Crippen LogP contribution >= 0.6 is 12.4 Å². The Kier molecular flexibility index (Phi) is 7.61. The zero-order valence-corrected chi connectivity index (χ0v) is 12.5. The molecule has 0 spiro atoms. The van der Waals surface area contributed by atoms with Crippen molar-refractivity contribution in [1.82, 2.24) is 5.32 Å². The summed E-state index contributed by atoms with van der Waals surface area (Å²) < 4.78 is 5.15. The van der Waals surface area contributed by atoms with Crippen molar-refractivity contribution in [3.8, 4) is 5.75 Å². The van der Waals surface area contributed by atoms with Crippen LogP contribution in [-0.4, -0.2) is 13.7 Å².